The van der Waals surface area contributed by atoms with Crippen LogP contribution < -0.4 is 9.64 Å². The van der Waals surface area contributed by atoms with Gasteiger partial charge in [0.1, 0.15) is 11.8 Å². The molecule has 0 aromatic heterocycles. The lowest BCUT2D eigenvalue weighted by Crippen LogP contribution is -2.49. The molecule has 174 valence electrons. The average molecular weight is 451 g/mol. The van der Waals surface area contributed by atoms with E-state index in [1.54, 1.807) is 24.3 Å². The first kappa shape index (κ1) is 22.8. The lowest BCUT2D eigenvalue weighted by molar-refractivity contribution is -0.142. The molecule has 7 nitrogen and oxygen atoms in total. The van der Waals surface area contributed by atoms with Crippen molar-refractivity contribution in [2.45, 2.75) is 57.7 Å². The van der Waals surface area contributed by atoms with Crippen molar-refractivity contribution in [2.75, 3.05) is 18.6 Å². The zero-order valence-corrected chi connectivity index (χ0v) is 19.3. The molecule has 2 amide bonds. The van der Waals surface area contributed by atoms with Crippen LogP contribution in [0.3, 0.4) is 0 Å². The van der Waals surface area contributed by atoms with Gasteiger partial charge in [0.05, 0.1) is 7.11 Å². The molecule has 3 unspecified atom stereocenters. The monoisotopic (exact) mass is 450 g/mol. The van der Waals surface area contributed by atoms with Gasteiger partial charge in [-0.15, -0.1) is 0 Å². The Hall–Kier alpha value is -3.35. The number of hydrogen-bond donors (Lipinski definition) is 0. The number of nitrogens with zero attached hydrogens (tertiary/aromatic N) is 2. The SMILES string of the molecule is COC(=O)C1Cc2ccccc2N1C(=O)c1ccc(OCC(=O)N2C(C)CCCC2C)cc1. The molecule has 0 radical (unpaired) electrons. The number of methoxy groups -OCH3 is 1. The molecular formula is C26H30N2O5. The number of anilines is 1. The van der Waals surface area contributed by atoms with Crippen molar-refractivity contribution in [1.29, 1.82) is 0 Å². The molecule has 2 heterocycles. The molecule has 0 saturated carbocycles. The third-order valence-electron chi connectivity index (χ3n) is 6.61. The maximum atomic E-state index is 13.3. The number of fused-ring (bicyclic) bond motifs is 1. The second-order valence-corrected chi connectivity index (χ2v) is 8.79. The summed E-state index contributed by atoms with van der Waals surface area (Å²) in [7, 11) is 1.33. The Labute approximate surface area is 194 Å². The lowest BCUT2D eigenvalue weighted by atomic mass is 9.97. The molecular weight excluding hydrogens is 420 g/mol. The molecule has 7 heteroatoms. The molecule has 1 fully saturated rings. The standard InChI is InChI=1S/C26H30N2O5/c1-17-7-6-8-18(2)27(17)24(29)16-33-21-13-11-19(12-14-21)25(30)28-22-10-5-4-9-20(22)15-23(28)26(31)32-3/h4-5,9-14,17-18,23H,6-8,15-16H2,1-3H3. The van der Waals surface area contributed by atoms with Crippen LogP contribution in [-0.2, 0) is 20.7 Å². The number of carbonyl (C=O) groups is 3. The summed E-state index contributed by atoms with van der Waals surface area (Å²) in [6.07, 6.45) is 3.59. The summed E-state index contributed by atoms with van der Waals surface area (Å²) in [4.78, 5) is 41.7. The van der Waals surface area contributed by atoms with Gasteiger partial charge in [0, 0.05) is 29.8 Å². The van der Waals surface area contributed by atoms with Gasteiger partial charge in [0.25, 0.3) is 11.8 Å². The van der Waals surface area contributed by atoms with E-state index in [1.165, 1.54) is 12.0 Å². The van der Waals surface area contributed by atoms with Gasteiger partial charge >= 0.3 is 5.97 Å². The van der Waals surface area contributed by atoms with Crippen molar-refractivity contribution in [3.63, 3.8) is 0 Å². The maximum Gasteiger partial charge on any atom is 0.329 e. The number of hydrogen-bond acceptors (Lipinski definition) is 5. The van der Waals surface area contributed by atoms with Crippen LogP contribution in [0.15, 0.2) is 48.5 Å². The van der Waals surface area contributed by atoms with Gasteiger partial charge in [-0.25, -0.2) is 4.79 Å². The fraction of sp³-hybridized carbons (Fsp3) is 0.423. The minimum Gasteiger partial charge on any atom is -0.484 e. The van der Waals surface area contributed by atoms with Crippen LogP contribution >= 0.6 is 0 Å². The molecule has 0 N–H and O–H groups in total. The highest BCUT2D eigenvalue weighted by molar-refractivity contribution is 6.11. The smallest absolute Gasteiger partial charge is 0.329 e. The van der Waals surface area contributed by atoms with Crippen LogP contribution in [0.4, 0.5) is 5.69 Å². The summed E-state index contributed by atoms with van der Waals surface area (Å²) >= 11 is 0. The van der Waals surface area contributed by atoms with Gasteiger partial charge in [-0.05, 0) is 69.0 Å². The predicted octanol–water partition coefficient (Wildman–Crippen LogP) is 3.60. The summed E-state index contributed by atoms with van der Waals surface area (Å²) in [5.74, 6) is -0.235. The molecule has 0 aliphatic carbocycles. The minimum absolute atomic E-state index is 0.0237. The summed E-state index contributed by atoms with van der Waals surface area (Å²) in [5.41, 5.74) is 2.08. The summed E-state index contributed by atoms with van der Waals surface area (Å²) in [6, 6.07) is 13.9. The Morgan fingerprint density at radius 2 is 1.64 bits per heavy atom. The zero-order chi connectivity index (χ0) is 23.5. The molecule has 1 saturated heterocycles. The van der Waals surface area contributed by atoms with E-state index in [2.05, 4.69) is 13.8 Å². The van der Waals surface area contributed by atoms with Gasteiger partial charge < -0.3 is 14.4 Å². The molecule has 2 aromatic rings. The first-order valence-electron chi connectivity index (χ1n) is 11.4. The Kier molecular flexibility index (Phi) is 6.67. The second kappa shape index (κ2) is 9.65. The number of rotatable bonds is 5. The van der Waals surface area contributed by atoms with E-state index in [-0.39, 0.29) is 30.5 Å². The summed E-state index contributed by atoms with van der Waals surface area (Å²) in [5, 5.41) is 0. The zero-order valence-electron chi connectivity index (χ0n) is 19.3. The van der Waals surface area contributed by atoms with E-state index in [9.17, 15) is 14.4 Å². The van der Waals surface area contributed by atoms with Crippen LogP contribution in [0.5, 0.6) is 5.75 Å². The van der Waals surface area contributed by atoms with E-state index in [1.807, 2.05) is 29.2 Å². The van der Waals surface area contributed by atoms with E-state index in [0.29, 0.717) is 23.4 Å². The summed E-state index contributed by atoms with van der Waals surface area (Å²) in [6.45, 7) is 4.12. The van der Waals surface area contributed by atoms with Crippen LogP contribution in [0, 0.1) is 0 Å². The highest BCUT2D eigenvalue weighted by atomic mass is 16.5. The number of esters is 1. The summed E-state index contributed by atoms with van der Waals surface area (Å²) < 4.78 is 10.7. The van der Waals surface area contributed by atoms with E-state index in [4.69, 9.17) is 9.47 Å². The largest absolute Gasteiger partial charge is 0.484 e. The first-order chi connectivity index (χ1) is 15.9. The van der Waals surface area contributed by atoms with E-state index in [0.717, 1.165) is 24.8 Å². The number of ether oxygens (including phenoxy) is 2. The number of piperidine rings is 1. The number of amides is 2. The van der Waals surface area contributed by atoms with Crippen LogP contribution in [0.25, 0.3) is 0 Å². The molecule has 2 aliphatic heterocycles. The van der Waals surface area contributed by atoms with E-state index >= 15 is 0 Å². The Morgan fingerprint density at radius 1 is 0.970 bits per heavy atom. The highest BCUT2D eigenvalue weighted by Gasteiger charge is 2.39. The molecule has 0 bridgehead atoms. The molecule has 0 spiro atoms. The van der Waals surface area contributed by atoms with Crippen molar-refractivity contribution in [3.8, 4) is 5.75 Å². The molecule has 3 atom stereocenters. The maximum absolute atomic E-state index is 13.3. The van der Waals surface area contributed by atoms with Gasteiger partial charge in [0.15, 0.2) is 6.61 Å². The van der Waals surface area contributed by atoms with Crippen LogP contribution in [0.2, 0.25) is 0 Å². The van der Waals surface area contributed by atoms with Gasteiger partial charge in [-0.1, -0.05) is 18.2 Å². The lowest BCUT2D eigenvalue weighted by Gasteiger charge is -2.38. The quantitative estimate of drug-likeness (QED) is 0.651. The Bertz CT molecular complexity index is 1030. The Morgan fingerprint density at radius 3 is 2.30 bits per heavy atom. The van der Waals surface area contributed by atoms with Crippen molar-refractivity contribution < 1.29 is 23.9 Å². The minimum atomic E-state index is -0.693. The third-order valence-corrected chi connectivity index (χ3v) is 6.61. The fourth-order valence-corrected chi connectivity index (χ4v) is 4.93. The van der Waals surface area contributed by atoms with Crippen molar-refractivity contribution in [3.05, 3.63) is 59.7 Å². The fourth-order valence-electron chi connectivity index (χ4n) is 4.93. The van der Waals surface area contributed by atoms with Gasteiger partial charge in [-0.3, -0.25) is 14.5 Å². The van der Waals surface area contributed by atoms with Crippen molar-refractivity contribution in [1.82, 2.24) is 4.90 Å². The van der Waals surface area contributed by atoms with Crippen LogP contribution in [0.1, 0.15) is 49.0 Å². The molecule has 4 rings (SSSR count). The van der Waals surface area contributed by atoms with E-state index < -0.39 is 12.0 Å². The van der Waals surface area contributed by atoms with Crippen molar-refractivity contribution >= 4 is 23.5 Å². The molecule has 2 aromatic carbocycles. The van der Waals surface area contributed by atoms with Gasteiger partial charge in [-0.2, -0.15) is 0 Å². The number of carbonyl (C=O) groups excluding carboxylic acids is 3. The highest BCUT2D eigenvalue weighted by Crippen LogP contribution is 2.34. The molecule has 33 heavy (non-hydrogen) atoms. The average Bonchev–Trinajstić information content (AvgIpc) is 3.21. The Balaban J connectivity index is 1.45. The second-order valence-electron chi connectivity index (χ2n) is 8.79. The van der Waals surface area contributed by atoms with Crippen LogP contribution in [-0.4, -0.2) is 54.5 Å². The number of benzene rings is 2. The normalized spacial score (nSPS) is 22.0. The number of para-hydroxylation sites is 1. The number of likely N-dealkylation sites (tertiary alicyclic amines) is 1. The van der Waals surface area contributed by atoms with Gasteiger partial charge in [0.2, 0.25) is 0 Å². The molecule has 2 aliphatic rings. The predicted molar refractivity (Wildman–Crippen MR) is 124 cm³/mol. The third kappa shape index (κ3) is 4.58. The topological polar surface area (TPSA) is 76.1 Å². The van der Waals surface area contributed by atoms with Crippen molar-refractivity contribution in [2.24, 2.45) is 0 Å². The first-order valence-corrected chi connectivity index (χ1v) is 11.4.